The maximum atomic E-state index is 13.3. The molecule has 3 amide bonds. The summed E-state index contributed by atoms with van der Waals surface area (Å²) in [5.41, 5.74) is -1.65. The molecule has 0 fully saturated rings. The second-order valence-electron chi connectivity index (χ2n) is 16.7. The van der Waals surface area contributed by atoms with Crippen LogP contribution < -0.4 is 10.1 Å². The Labute approximate surface area is 297 Å². The van der Waals surface area contributed by atoms with Gasteiger partial charge in [-0.1, -0.05) is 32.9 Å². The Kier molecular flexibility index (Phi) is 13.5. The Morgan fingerprint density at radius 1 is 0.900 bits per heavy atom. The summed E-state index contributed by atoms with van der Waals surface area (Å²) in [6.45, 7) is 25.7. The van der Waals surface area contributed by atoms with Crippen molar-refractivity contribution in [1.29, 1.82) is 0 Å². The fourth-order valence-corrected chi connectivity index (χ4v) is 5.47. The molecule has 0 aliphatic carbocycles. The quantitative estimate of drug-likeness (QED) is 0.147. The molecule has 0 saturated heterocycles. The Hall–Kier alpha value is -3.85. The van der Waals surface area contributed by atoms with Crippen LogP contribution in [0.1, 0.15) is 94.7 Å². The summed E-state index contributed by atoms with van der Waals surface area (Å²) >= 11 is 0. The summed E-state index contributed by atoms with van der Waals surface area (Å²) in [4.78, 5) is 57.7. The second kappa shape index (κ2) is 16.0. The van der Waals surface area contributed by atoms with Crippen molar-refractivity contribution in [2.75, 3.05) is 26.2 Å². The molecule has 282 valence electrons. The zero-order valence-corrected chi connectivity index (χ0v) is 33.3. The lowest BCUT2D eigenvalue weighted by atomic mass is 10.1. The number of amides is 3. The van der Waals surface area contributed by atoms with Crippen LogP contribution in [0.5, 0.6) is 5.75 Å². The van der Waals surface area contributed by atoms with Gasteiger partial charge in [0.15, 0.2) is 14.4 Å². The van der Waals surface area contributed by atoms with E-state index in [1.165, 1.54) is 0 Å². The Balaban J connectivity index is 2.30. The number of rotatable bonds is 10. The van der Waals surface area contributed by atoms with E-state index in [0.717, 1.165) is 9.80 Å². The van der Waals surface area contributed by atoms with Gasteiger partial charge in [0.25, 0.3) is 0 Å². The zero-order chi connectivity index (χ0) is 38.5. The Morgan fingerprint density at radius 3 is 1.92 bits per heavy atom. The number of ether oxygens (including phenoxy) is 4. The number of aliphatic imine (C=N–C) groups is 1. The number of esters is 1. The van der Waals surface area contributed by atoms with Crippen LogP contribution in [0, 0.1) is 0 Å². The molecule has 14 nitrogen and oxygen atoms in total. The number of carbonyl (C=O) groups is 4. The van der Waals surface area contributed by atoms with Crippen LogP contribution in [0.4, 0.5) is 14.4 Å². The molecular weight excluding hydrogens is 664 g/mol. The largest absolute Gasteiger partial charge is 0.490 e. The number of hydrogen-bond acceptors (Lipinski definition) is 10. The van der Waals surface area contributed by atoms with Gasteiger partial charge in [-0.05, 0) is 98.1 Å². The van der Waals surface area contributed by atoms with Gasteiger partial charge in [0.1, 0.15) is 29.2 Å². The molecule has 1 aromatic carbocycles. The standard InChI is InChI=1S/C35H58N4O10Si/c1-32(2,3)46-27(40)26(49-50(13,14)35(10,11)12)22-45-24-17-15-23(16-18-24)25-21-39(30(42)43)28(37-25)38(31(44)48-34(7,8)9)20-19-36-29(41)47-33(4,5)6/h15-18,25-26H,19-22H2,1-14H3,(H,36,41)(H,42,43)/t25-,26-/m1/s1. The fourth-order valence-electron chi connectivity index (χ4n) is 4.25. The Morgan fingerprint density at radius 2 is 1.44 bits per heavy atom. The number of benzene rings is 1. The molecule has 0 bridgehead atoms. The van der Waals surface area contributed by atoms with Gasteiger partial charge in [0.05, 0.1) is 12.6 Å². The maximum absolute atomic E-state index is 13.3. The summed E-state index contributed by atoms with van der Waals surface area (Å²) < 4.78 is 28.9. The predicted molar refractivity (Wildman–Crippen MR) is 192 cm³/mol. The molecule has 0 spiro atoms. The monoisotopic (exact) mass is 722 g/mol. The minimum atomic E-state index is -2.36. The number of alkyl carbamates (subject to hydrolysis) is 1. The van der Waals surface area contributed by atoms with Gasteiger partial charge < -0.3 is 33.8 Å². The lowest BCUT2D eigenvalue weighted by Crippen LogP contribution is -2.51. The van der Waals surface area contributed by atoms with Crippen LogP contribution >= 0.6 is 0 Å². The van der Waals surface area contributed by atoms with E-state index in [-0.39, 0.29) is 37.2 Å². The van der Waals surface area contributed by atoms with Crippen molar-refractivity contribution in [1.82, 2.24) is 15.1 Å². The van der Waals surface area contributed by atoms with Crippen LogP contribution in [-0.4, -0.2) is 103 Å². The lowest BCUT2D eigenvalue weighted by Gasteiger charge is -2.39. The second-order valence-corrected chi connectivity index (χ2v) is 21.4. The van der Waals surface area contributed by atoms with Crippen LogP contribution in [0.15, 0.2) is 29.3 Å². The van der Waals surface area contributed by atoms with Crippen molar-refractivity contribution in [3.8, 4) is 5.75 Å². The first-order valence-corrected chi connectivity index (χ1v) is 19.7. The Bertz CT molecular complexity index is 1390. The summed E-state index contributed by atoms with van der Waals surface area (Å²) in [5.74, 6) is -0.176. The highest BCUT2D eigenvalue weighted by atomic mass is 28.4. The summed E-state index contributed by atoms with van der Waals surface area (Å²) in [6.07, 6.45) is -3.76. The SMILES string of the molecule is CC(C)(C)OC(=O)NCCN(C(=O)OC(C)(C)C)C1=N[C@@H](c2ccc(OC[C@@H](O[Si](C)(C)C(C)(C)C)C(=O)OC(C)(C)C)cc2)CN1C(=O)O. The predicted octanol–water partition coefficient (Wildman–Crippen LogP) is 6.95. The minimum Gasteiger partial charge on any atom is -0.490 e. The van der Waals surface area contributed by atoms with Gasteiger partial charge in [-0.2, -0.15) is 0 Å². The average molecular weight is 723 g/mol. The van der Waals surface area contributed by atoms with Gasteiger partial charge in [0.2, 0.25) is 5.96 Å². The molecule has 0 saturated carbocycles. The van der Waals surface area contributed by atoms with Crippen molar-refractivity contribution in [2.45, 2.75) is 130 Å². The molecule has 2 rings (SSSR count). The molecule has 1 aliphatic rings. The van der Waals surface area contributed by atoms with E-state index in [0.29, 0.717) is 11.3 Å². The highest BCUT2D eigenvalue weighted by Crippen LogP contribution is 2.38. The molecule has 0 radical (unpaired) electrons. The highest BCUT2D eigenvalue weighted by Gasteiger charge is 2.42. The first kappa shape index (κ1) is 42.3. The third-order valence-electron chi connectivity index (χ3n) is 7.54. The third-order valence-corrected chi connectivity index (χ3v) is 12.0. The smallest absolute Gasteiger partial charge is 0.417 e. The van der Waals surface area contributed by atoms with E-state index in [9.17, 15) is 24.3 Å². The van der Waals surface area contributed by atoms with Crippen molar-refractivity contribution in [2.24, 2.45) is 4.99 Å². The van der Waals surface area contributed by atoms with Gasteiger partial charge in [0, 0.05) is 13.1 Å². The number of nitrogens with zero attached hydrogens (tertiary/aromatic N) is 3. The fraction of sp³-hybridized carbons (Fsp3) is 0.686. The van der Waals surface area contributed by atoms with E-state index >= 15 is 0 Å². The van der Waals surface area contributed by atoms with Crippen molar-refractivity contribution >= 4 is 38.5 Å². The minimum absolute atomic E-state index is 0.0548. The van der Waals surface area contributed by atoms with E-state index in [4.69, 9.17) is 23.4 Å². The maximum Gasteiger partial charge on any atom is 0.417 e. The average Bonchev–Trinajstić information content (AvgIpc) is 3.35. The zero-order valence-electron chi connectivity index (χ0n) is 32.3. The van der Waals surface area contributed by atoms with Crippen molar-refractivity contribution < 1.29 is 47.7 Å². The third kappa shape index (κ3) is 13.5. The van der Waals surface area contributed by atoms with Crippen LogP contribution in [0.25, 0.3) is 0 Å². The van der Waals surface area contributed by atoms with Crippen molar-refractivity contribution in [3.05, 3.63) is 29.8 Å². The molecule has 1 aliphatic heterocycles. The molecular formula is C35H58N4O10Si. The van der Waals surface area contributed by atoms with Crippen molar-refractivity contribution in [3.63, 3.8) is 0 Å². The number of hydrogen-bond donors (Lipinski definition) is 2. The molecule has 50 heavy (non-hydrogen) atoms. The summed E-state index contributed by atoms with van der Waals surface area (Å²) in [6, 6.07) is 6.22. The molecule has 2 N–H and O–H groups in total. The number of carboxylic acid groups (broad SMARTS) is 1. The van der Waals surface area contributed by atoms with E-state index in [2.05, 4.69) is 44.2 Å². The molecule has 0 unspecified atom stereocenters. The van der Waals surface area contributed by atoms with Gasteiger partial charge >= 0.3 is 24.2 Å². The van der Waals surface area contributed by atoms with Gasteiger partial charge in [-0.15, -0.1) is 0 Å². The normalized spacial score (nSPS) is 16.2. The van der Waals surface area contributed by atoms with E-state index < -0.39 is 61.5 Å². The molecule has 1 heterocycles. The van der Waals surface area contributed by atoms with Crippen LogP contribution in [-0.2, 0) is 23.4 Å². The van der Waals surface area contributed by atoms with Crippen LogP contribution in [0.2, 0.25) is 18.1 Å². The van der Waals surface area contributed by atoms with Gasteiger partial charge in [-0.25, -0.2) is 34.0 Å². The summed E-state index contributed by atoms with van der Waals surface area (Å²) in [7, 11) is -2.36. The number of nitrogens with one attached hydrogen (secondary N) is 1. The molecule has 15 heteroatoms. The summed E-state index contributed by atoms with van der Waals surface area (Å²) in [5, 5.41) is 12.5. The molecule has 1 aromatic rings. The highest BCUT2D eigenvalue weighted by molar-refractivity contribution is 6.74. The number of carbonyl (C=O) groups excluding carboxylic acids is 3. The van der Waals surface area contributed by atoms with E-state index in [1.807, 2.05) is 0 Å². The molecule has 2 atom stereocenters. The number of guanidine groups is 1. The topological polar surface area (TPSA) is 166 Å². The lowest BCUT2D eigenvalue weighted by molar-refractivity contribution is -0.165. The van der Waals surface area contributed by atoms with Gasteiger partial charge in [-0.3, -0.25) is 0 Å². The van der Waals surface area contributed by atoms with E-state index in [1.54, 1.807) is 86.6 Å². The molecule has 0 aromatic heterocycles. The van der Waals surface area contributed by atoms with Crippen LogP contribution in [0.3, 0.4) is 0 Å². The first-order valence-electron chi connectivity index (χ1n) is 16.8. The first-order chi connectivity index (χ1) is 22.6.